The van der Waals surface area contributed by atoms with Crippen LogP contribution in [0.5, 0.6) is 0 Å². The van der Waals surface area contributed by atoms with Gasteiger partial charge in [0.15, 0.2) is 0 Å². The normalized spacial score (nSPS) is 17.3. The van der Waals surface area contributed by atoms with E-state index in [-0.39, 0.29) is 0 Å². The van der Waals surface area contributed by atoms with E-state index in [1.165, 1.54) is 27.8 Å². The average Bonchev–Trinajstić information content (AvgIpc) is 3.25. The molecule has 0 saturated carbocycles. The van der Waals surface area contributed by atoms with E-state index in [0.29, 0.717) is 4.22 Å². The van der Waals surface area contributed by atoms with Crippen LogP contribution in [0.4, 0.5) is 0 Å². The van der Waals surface area contributed by atoms with Crippen LogP contribution >= 0.6 is 0 Å². The Balaban J connectivity index is 1.64. The molecule has 0 aliphatic heterocycles. The van der Waals surface area contributed by atoms with Gasteiger partial charge in [-0.1, -0.05) is 0 Å². The van der Waals surface area contributed by atoms with Gasteiger partial charge < -0.3 is 0 Å². The monoisotopic (exact) mass is 356 g/mol. The third-order valence-corrected chi connectivity index (χ3v) is 10.1. The van der Waals surface area contributed by atoms with Crippen LogP contribution in [-0.4, -0.2) is 4.31 Å². The Kier molecular flexibility index (Phi) is 3.70. The molecule has 0 heterocycles. The molecule has 0 nitrogen and oxygen atoms in total. The first-order valence-electron chi connectivity index (χ1n) is 9.00. The van der Waals surface area contributed by atoms with Gasteiger partial charge in [-0.15, -0.1) is 0 Å². The van der Waals surface area contributed by atoms with Crippen molar-refractivity contribution in [1.29, 1.82) is 0 Å². The second-order valence-corrected chi connectivity index (χ2v) is 11.0. The second kappa shape index (κ2) is 6.06. The molecule has 0 radical (unpaired) electrons. The fourth-order valence-electron chi connectivity index (χ4n) is 4.45. The van der Waals surface area contributed by atoms with Gasteiger partial charge in [0.25, 0.3) is 0 Å². The molecule has 0 N–H and O–H groups in total. The molecule has 3 aromatic carbocycles. The Morgan fingerprint density at radius 3 is 2.60 bits per heavy atom. The zero-order chi connectivity index (χ0) is 16.8. The number of benzene rings is 3. The molecule has 0 fully saturated rings. The molecule has 0 amide bonds. The van der Waals surface area contributed by atoms with Crippen LogP contribution in [0.25, 0.3) is 17.2 Å². The number of allylic oxidation sites excluding steroid dienone is 1. The standard InChI is InChI=1S/C13H9.C9H7.C2H4.Ti/c1-3-7-12-10(5-1)9-11-6-2-4-8-13(11)12;1-2-5-9-7-3-6-8(9)4-1;1-2;/h1-5,7-8H,9H2;1-7H;1H,2H3;. The van der Waals surface area contributed by atoms with Gasteiger partial charge in [0.2, 0.25) is 0 Å². The summed E-state index contributed by atoms with van der Waals surface area (Å²) in [6.45, 7) is 2.28. The summed E-state index contributed by atoms with van der Waals surface area (Å²) in [6.07, 6.45) is 5.89. The van der Waals surface area contributed by atoms with E-state index >= 15 is 0 Å². The summed E-state index contributed by atoms with van der Waals surface area (Å²) < 4.78 is 4.81. The predicted octanol–water partition coefficient (Wildman–Crippen LogP) is 5.09. The number of fused-ring (bicyclic) bond motifs is 4. The van der Waals surface area contributed by atoms with E-state index in [1.54, 1.807) is 9.43 Å². The summed E-state index contributed by atoms with van der Waals surface area (Å²) in [5.41, 5.74) is 8.93. The molecular weight excluding hydrogens is 336 g/mol. The molecule has 0 saturated heterocycles. The number of hydrogen-bond acceptors (Lipinski definition) is 0. The zero-order valence-electron chi connectivity index (χ0n) is 14.4. The third kappa shape index (κ3) is 2.36. The van der Waals surface area contributed by atoms with Crippen molar-refractivity contribution in [2.75, 3.05) is 0 Å². The summed E-state index contributed by atoms with van der Waals surface area (Å²) >= 11 is -1.58. The SMILES string of the molecule is C/[CH]=[Ti](/[c]1cccc2c1Cc1ccccc1-2)[CH]1C=Cc2ccccc21. The van der Waals surface area contributed by atoms with Gasteiger partial charge in [0.05, 0.1) is 0 Å². The molecule has 0 aromatic heterocycles. The average molecular weight is 356 g/mol. The van der Waals surface area contributed by atoms with E-state index in [2.05, 4.69) is 90.1 Å². The Morgan fingerprint density at radius 1 is 0.880 bits per heavy atom. The molecule has 1 unspecified atom stereocenters. The van der Waals surface area contributed by atoms with Crippen LogP contribution in [0.3, 0.4) is 0 Å². The van der Waals surface area contributed by atoms with E-state index < -0.39 is 17.4 Å². The third-order valence-electron chi connectivity index (χ3n) is 5.61. The molecule has 0 bridgehead atoms. The van der Waals surface area contributed by atoms with Crippen molar-refractivity contribution < 1.29 is 17.4 Å². The molecule has 0 spiro atoms. The van der Waals surface area contributed by atoms with E-state index in [9.17, 15) is 0 Å². The first-order valence-corrected chi connectivity index (χ1v) is 11.6. The molecule has 25 heavy (non-hydrogen) atoms. The van der Waals surface area contributed by atoms with Crippen molar-refractivity contribution in [2.45, 2.75) is 17.6 Å². The number of hydrogen-bond donors (Lipinski definition) is 0. The van der Waals surface area contributed by atoms with Crippen molar-refractivity contribution in [1.82, 2.24) is 0 Å². The van der Waals surface area contributed by atoms with Crippen LogP contribution < -0.4 is 3.87 Å². The van der Waals surface area contributed by atoms with Crippen LogP contribution in [0, 0.1) is 0 Å². The Morgan fingerprint density at radius 2 is 1.68 bits per heavy atom. The van der Waals surface area contributed by atoms with Gasteiger partial charge in [0.1, 0.15) is 0 Å². The molecule has 3 aromatic rings. The van der Waals surface area contributed by atoms with Crippen LogP contribution in [-0.2, 0) is 23.8 Å². The Hall–Kier alpha value is -2.02. The quantitative estimate of drug-likeness (QED) is 0.439. The number of rotatable bonds is 2. The van der Waals surface area contributed by atoms with Gasteiger partial charge >= 0.3 is 155 Å². The van der Waals surface area contributed by atoms with Crippen LogP contribution in [0.2, 0.25) is 0 Å². The van der Waals surface area contributed by atoms with Crippen molar-refractivity contribution in [3.05, 3.63) is 95.1 Å². The molecule has 2 aliphatic carbocycles. The first kappa shape index (κ1) is 15.3. The molecule has 2 aliphatic rings. The summed E-state index contributed by atoms with van der Waals surface area (Å²) in [4.78, 5) is 0. The van der Waals surface area contributed by atoms with Gasteiger partial charge in [-0.2, -0.15) is 0 Å². The minimum atomic E-state index is -1.58. The van der Waals surface area contributed by atoms with Crippen molar-refractivity contribution in [3.63, 3.8) is 0 Å². The molecular formula is C24H20Ti. The van der Waals surface area contributed by atoms with Gasteiger partial charge in [0, 0.05) is 0 Å². The summed E-state index contributed by atoms with van der Waals surface area (Å²) in [5, 5.41) is 0. The Bertz CT molecular complexity index is 1040. The van der Waals surface area contributed by atoms with Gasteiger partial charge in [-0.25, -0.2) is 0 Å². The van der Waals surface area contributed by atoms with E-state index in [1.807, 2.05) is 0 Å². The molecule has 1 atom stereocenters. The molecule has 120 valence electrons. The van der Waals surface area contributed by atoms with Crippen molar-refractivity contribution in [2.24, 2.45) is 0 Å². The maximum atomic E-state index is 2.55. The van der Waals surface area contributed by atoms with Crippen molar-refractivity contribution >= 4 is 14.3 Å². The van der Waals surface area contributed by atoms with Crippen LogP contribution in [0.1, 0.15) is 33.4 Å². The van der Waals surface area contributed by atoms with E-state index in [4.69, 9.17) is 0 Å². The molecule has 5 rings (SSSR count). The second-order valence-electron chi connectivity index (χ2n) is 6.88. The van der Waals surface area contributed by atoms with Gasteiger partial charge in [-0.3, -0.25) is 0 Å². The zero-order valence-corrected chi connectivity index (χ0v) is 15.9. The van der Waals surface area contributed by atoms with Crippen LogP contribution in [0.15, 0.2) is 72.8 Å². The fraction of sp³-hybridized carbons (Fsp3) is 0.125. The van der Waals surface area contributed by atoms with Gasteiger partial charge in [-0.05, 0) is 0 Å². The summed E-state index contributed by atoms with van der Waals surface area (Å²) in [5.74, 6) is 0. The van der Waals surface area contributed by atoms with Crippen molar-refractivity contribution in [3.8, 4) is 11.1 Å². The first-order chi connectivity index (χ1) is 12.4. The topological polar surface area (TPSA) is 0 Å². The molecule has 1 heteroatoms. The fourth-order valence-corrected chi connectivity index (χ4v) is 8.77. The predicted molar refractivity (Wildman–Crippen MR) is 104 cm³/mol. The minimum absolute atomic E-state index is 0.608. The summed E-state index contributed by atoms with van der Waals surface area (Å²) in [6, 6.07) is 24.8. The maximum absolute atomic E-state index is 2.55. The Labute approximate surface area is 155 Å². The van der Waals surface area contributed by atoms with E-state index in [0.717, 1.165) is 6.42 Å². The summed E-state index contributed by atoms with van der Waals surface area (Å²) in [7, 11) is 0.